The molecule has 2 aliphatic rings. The number of carbonyl (C=O) groups is 2. The van der Waals surface area contributed by atoms with Gasteiger partial charge in [0.05, 0.1) is 6.54 Å². The molecule has 3 heterocycles. The zero-order valence-electron chi connectivity index (χ0n) is 10.8. The van der Waals surface area contributed by atoms with Gasteiger partial charge in [0, 0.05) is 31.1 Å². The number of carboxylic acid groups (broad SMARTS) is 1. The van der Waals surface area contributed by atoms with Gasteiger partial charge in [-0.3, -0.25) is 0 Å². The highest BCUT2D eigenvalue weighted by atomic mass is 32.2. The van der Waals surface area contributed by atoms with Crippen molar-refractivity contribution in [2.75, 3.05) is 24.6 Å². The van der Waals surface area contributed by atoms with Gasteiger partial charge in [-0.2, -0.15) is 11.8 Å². The van der Waals surface area contributed by atoms with Crippen LogP contribution in [-0.4, -0.2) is 72.3 Å². The number of nitrogens with zero attached hydrogens (tertiary/aromatic N) is 5. The van der Waals surface area contributed by atoms with Crippen molar-refractivity contribution in [1.29, 1.82) is 0 Å². The fraction of sp³-hybridized carbons (Fsp3) is 0.636. The van der Waals surface area contributed by atoms with Gasteiger partial charge in [-0.05, 0) is 0 Å². The molecule has 1 fully saturated rings. The Labute approximate surface area is 119 Å². The van der Waals surface area contributed by atoms with E-state index in [1.165, 1.54) is 4.90 Å². The minimum Gasteiger partial charge on any atom is -0.480 e. The van der Waals surface area contributed by atoms with Crippen molar-refractivity contribution in [1.82, 2.24) is 24.6 Å². The Bertz CT molecular complexity index is 534. The first-order chi connectivity index (χ1) is 9.66. The standard InChI is InChI=1S/C11H15N5O3S/c17-10(18)8-6-20-4-3-16(8)11(19)14-1-2-15-7-12-13-9(15)5-14/h7-8H,1-6H2,(H,17,18). The number of hydrogen-bond donors (Lipinski definition) is 1. The average molecular weight is 297 g/mol. The van der Waals surface area contributed by atoms with Gasteiger partial charge >= 0.3 is 12.0 Å². The average Bonchev–Trinajstić information content (AvgIpc) is 2.93. The minimum atomic E-state index is -0.939. The molecule has 2 amide bonds. The fourth-order valence-electron chi connectivity index (χ4n) is 2.45. The van der Waals surface area contributed by atoms with Gasteiger partial charge in [0.25, 0.3) is 0 Å². The summed E-state index contributed by atoms with van der Waals surface area (Å²) in [7, 11) is 0. The van der Waals surface area contributed by atoms with Crippen LogP contribution in [-0.2, 0) is 17.9 Å². The lowest BCUT2D eigenvalue weighted by molar-refractivity contribution is -0.141. The Hall–Kier alpha value is -1.77. The van der Waals surface area contributed by atoms with Crippen LogP contribution in [0.15, 0.2) is 6.33 Å². The van der Waals surface area contributed by atoms with Gasteiger partial charge in [0.2, 0.25) is 0 Å². The van der Waals surface area contributed by atoms with Crippen molar-refractivity contribution in [2.45, 2.75) is 19.1 Å². The molecule has 1 aromatic rings. The van der Waals surface area contributed by atoms with Gasteiger partial charge in [-0.1, -0.05) is 0 Å². The summed E-state index contributed by atoms with van der Waals surface area (Å²) in [6.07, 6.45) is 1.65. The Morgan fingerprint density at radius 3 is 3.00 bits per heavy atom. The predicted molar refractivity (Wildman–Crippen MR) is 71.3 cm³/mol. The third-order valence-electron chi connectivity index (χ3n) is 3.57. The number of urea groups is 1. The van der Waals surface area contributed by atoms with Crippen molar-refractivity contribution >= 4 is 23.8 Å². The van der Waals surface area contributed by atoms with E-state index in [1.54, 1.807) is 23.0 Å². The third kappa shape index (κ3) is 2.33. The summed E-state index contributed by atoms with van der Waals surface area (Å²) in [5.74, 6) is 1.03. The van der Waals surface area contributed by atoms with E-state index in [-0.39, 0.29) is 6.03 Å². The highest BCUT2D eigenvalue weighted by Gasteiger charge is 2.35. The lowest BCUT2D eigenvalue weighted by Gasteiger charge is -2.37. The number of carboxylic acids is 1. The first-order valence-electron chi connectivity index (χ1n) is 6.39. The van der Waals surface area contributed by atoms with Crippen LogP contribution in [0.3, 0.4) is 0 Å². The molecule has 3 rings (SSSR count). The highest BCUT2D eigenvalue weighted by Crippen LogP contribution is 2.20. The molecule has 108 valence electrons. The van der Waals surface area contributed by atoms with Crippen LogP contribution in [0.1, 0.15) is 5.82 Å². The molecule has 20 heavy (non-hydrogen) atoms. The number of aromatic nitrogens is 3. The minimum absolute atomic E-state index is 0.216. The summed E-state index contributed by atoms with van der Waals surface area (Å²) >= 11 is 1.57. The molecule has 9 heteroatoms. The largest absolute Gasteiger partial charge is 0.480 e. The number of fused-ring (bicyclic) bond motifs is 1. The zero-order chi connectivity index (χ0) is 14.1. The molecule has 1 N–H and O–H groups in total. The van der Waals surface area contributed by atoms with E-state index in [9.17, 15) is 14.7 Å². The molecule has 1 unspecified atom stereocenters. The Kier molecular flexibility index (Phi) is 3.51. The van der Waals surface area contributed by atoms with Gasteiger partial charge in [-0.15, -0.1) is 10.2 Å². The Morgan fingerprint density at radius 2 is 2.20 bits per heavy atom. The van der Waals surface area contributed by atoms with Gasteiger partial charge in [-0.25, -0.2) is 9.59 Å². The summed E-state index contributed by atoms with van der Waals surface area (Å²) in [5, 5.41) is 17.0. The van der Waals surface area contributed by atoms with E-state index in [1.807, 2.05) is 4.57 Å². The van der Waals surface area contributed by atoms with Crippen molar-refractivity contribution in [3.05, 3.63) is 12.2 Å². The number of rotatable bonds is 1. The Balaban J connectivity index is 1.73. The molecule has 1 aromatic heterocycles. The summed E-state index contributed by atoms with van der Waals surface area (Å²) in [6, 6.07) is -0.951. The molecule has 0 spiro atoms. The number of hydrogen-bond acceptors (Lipinski definition) is 5. The van der Waals surface area contributed by atoms with Crippen LogP contribution < -0.4 is 0 Å². The van der Waals surface area contributed by atoms with E-state index in [0.717, 1.165) is 11.6 Å². The van der Waals surface area contributed by atoms with Gasteiger partial charge in [0.1, 0.15) is 12.4 Å². The van der Waals surface area contributed by atoms with Crippen molar-refractivity contribution < 1.29 is 14.7 Å². The third-order valence-corrected chi connectivity index (χ3v) is 4.59. The summed E-state index contributed by atoms with van der Waals surface area (Å²) < 4.78 is 1.91. The molecule has 1 saturated heterocycles. The molecule has 0 aliphatic carbocycles. The van der Waals surface area contributed by atoms with Crippen molar-refractivity contribution in [3.8, 4) is 0 Å². The molecule has 8 nitrogen and oxygen atoms in total. The molecule has 0 bridgehead atoms. The number of carbonyl (C=O) groups excluding carboxylic acids is 1. The van der Waals surface area contributed by atoms with Crippen LogP contribution in [0.2, 0.25) is 0 Å². The van der Waals surface area contributed by atoms with E-state index in [4.69, 9.17) is 0 Å². The van der Waals surface area contributed by atoms with Crippen LogP contribution in [0.5, 0.6) is 0 Å². The van der Waals surface area contributed by atoms with Crippen molar-refractivity contribution in [3.63, 3.8) is 0 Å². The molecule has 2 aliphatic heterocycles. The molecule has 0 radical (unpaired) electrons. The SMILES string of the molecule is O=C(O)C1CSCCN1C(=O)N1CCn2cnnc2C1. The topological polar surface area (TPSA) is 91.6 Å². The molecule has 0 aromatic carbocycles. The normalized spacial score (nSPS) is 22.5. The lowest BCUT2D eigenvalue weighted by atomic mass is 10.2. The van der Waals surface area contributed by atoms with Gasteiger partial charge in [0.15, 0.2) is 5.82 Å². The smallest absolute Gasteiger partial charge is 0.327 e. The highest BCUT2D eigenvalue weighted by molar-refractivity contribution is 7.99. The molecule has 1 atom stereocenters. The predicted octanol–water partition coefficient (Wildman–Crippen LogP) is -0.284. The monoisotopic (exact) mass is 297 g/mol. The first-order valence-corrected chi connectivity index (χ1v) is 7.55. The maximum absolute atomic E-state index is 12.5. The fourth-order valence-corrected chi connectivity index (χ4v) is 3.49. The molecule has 0 saturated carbocycles. The molecular weight excluding hydrogens is 282 g/mol. The Morgan fingerprint density at radius 1 is 1.35 bits per heavy atom. The van der Waals surface area contributed by atoms with Crippen molar-refractivity contribution in [2.24, 2.45) is 0 Å². The number of thioether (sulfide) groups is 1. The van der Waals surface area contributed by atoms with Crippen LogP contribution in [0.25, 0.3) is 0 Å². The number of aliphatic carboxylic acids is 1. The maximum atomic E-state index is 12.5. The zero-order valence-corrected chi connectivity index (χ0v) is 11.6. The second-order valence-electron chi connectivity index (χ2n) is 4.77. The van der Waals surface area contributed by atoms with Gasteiger partial charge < -0.3 is 19.5 Å². The second-order valence-corrected chi connectivity index (χ2v) is 5.92. The van der Waals surface area contributed by atoms with E-state index < -0.39 is 12.0 Å². The summed E-state index contributed by atoms with van der Waals surface area (Å²) in [6.45, 7) is 2.06. The summed E-state index contributed by atoms with van der Waals surface area (Å²) in [5.41, 5.74) is 0. The maximum Gasteiger partial charge on any atom is 0.327 e. The van der Waals surface area contributed by atoms with E-state index >= 15 is 0 Å². The summed E-state index contributed by atoms with van der Waals surface area (Å²) in [4.78, 5) is 26.9. The van der Waals surface area contributed by atoms with Crippen LogP contribution in [0.4, 0.5) is 4.79 Å². The quantitative estimate of drug-likeness (QED) is 0.766. The number of amides is 2. The van der Waals surface area contributed by atoms with Crippen LogP contribution in [0, 0.1) is 0 Å². The second kappa shape index (κ2) is 5.31. The lowest BCUT2D eigenvalue weighted by Crippen LogP contribution is -2.55. The van der Waals surface area contributed by atoms with Crippen LogP contribution >= 0.6 is 11.8 Å². The van der Waals surface area contributed by atoms with E-state index in [0.29, 0.717) is 31.9 Å². The first kappa shape index (κ1) is 13.2. The molecular formula is C11H15N5O3S. The van der Waals surface area contributed by atoms with E-state index in [2.05, 4.69) is 10.2 Å².